The van der Waals surface area contributed by atoms with E-state index < -0.39 is 0 Å². The van der Waals surface area contributed by atoms with Crippen LogP contribution in [0, 0.1) is 6.92 Å². The van der Waals surface area contributed by atoms with Gasteiger partial charge in [-0.1, -0.05) is 12.1 Å². The molecule has 2 aliphatic rings. The van der Waals surface area contributed by atoms with Crippen LogP contribution in [0.5, 0.6) is 11.5 Å². The Kier molecular flexibility index (Phi) is 10.0. The fourth-order valence-electron chi connectivity index (χ4n) is 3.64. The summed E-state index contributed by atoms with van der Waals surface area (Å²) >= 11 is 0. The first-order valence-electron chi connectivity index (χ1n) is 11.3. The molecule has 33 heavy (non-hydrogen) atoms. The van der Waals surface area contributed by atoms with Crippen molar-refractivity contribution in [2.24, 2.45) is 12.0 Å². The molecular weight excluding hydrogens is 537 g/mol. The van der Waals surface area contributed by atoms with Crippen molar-refractivity contribution in [2.75, 3.05) is 52.6 Å². The van der Waals surface area contributed by atoms with E-state index in [1.165, 1.54) is 0 Å². The van der Waals surface area contributed by atoms with E-state index in [2.05, 4.69) is 25.7 Å². The van der Waals surface area contributed by atoms with Gasteiger partial charge in [-0.15, -0.1) is 34.2 Å². The fraction of sp³-hybridized carbons (Fsp3) is 0.591. The summed E-state index contributed by atoms with van der Waals surface area (Å²) < 4.78 is 19.2. The molecule has 11 heteroatoms. The normalized spacial score (nSPS) is 16.6. The van der Waals surface area contributed by atoms with Crippen LogP contribution in [0.15, 0.2) is 23.2 Å². The first kappa shape index (κ1) is 25.5. The average molecular weight is 571 g/mol. The number of ether oxygens (including phenoxy) is 3. The zero-order valence-corrected chi connectivity index (χ0v) is 21.7. The van der Waals surface area contributed by atoms with E-state index in [9.17, 15) is 0 Å². The minimum absolute atomic E-state index is 0. The molecule has 1 aromatic heterocycles. The number of aryl methyl sites for hydroxylation is 1. The second-order valence-electron chi connectivity index (χ2n) is 7.92. The highest BCUT2D eigenvalue weighted by Gasteiger charge is 2.15. The summed E-state index contributed by atoms with van der Waals surface area (Å²) in [5.41, 5.74) is 1.01. The number of morpholine rings is 1. The summed E-state index contributed by atoms with van der Waals surface area (Å²) in [5, 5.41) is 15.2. The molecule has 10 nitrogen and oxygen atoms in total. The number of nitrogens with zero attached hydrogens (tertiary/aromatic N) is 5. The van der Waals surface area contributed by atoms with Crippen LogP contribution in [-0.4, -0.2) is 78.2 Å². The van der Waals surface area contributed by atoms with Crippen LogP contribution in [0.4, 0.5) is 0 Å². The Labute approximate surface area is 212 Å². The molecule has 4 rings (SSSR count). The molecule has 0 amide bonds. The molecule has 0 radical (unpaired) electrons. The first-order valence-corrected chi connectivity index (χ1v) is 11.3. The molecule has 0 saturated carbocycles. The van der Waals surface area contributed by atoms with Gasteiger partial charge < -0.3 is 29.4 Å². The molecule has 0 bridgehead atoms. The molecule has 182 valence electrons. The van der Waals surface area contributed by atoms with Crippen molar-refractivity contribution in [3.05, 3.63) is 35.4 Å². The molecule has 3 heterocycles. The maximum Gasteiger partial charge on any atom is 0.192 e. The van der Waals surface area contributed by atoms with Crippen molar-refractivity contribution in [3.8, 4) is 11.5 Å². The standard InChI is InChI=1S/C22H33N7O3.HI/c1-17-26-27-20(28(17)2)16-25-22(23-7-8-29-9-13-30-14-10-29)24-15-18-5-3-6-19-21(18)32-12-4-11-31-19;/h3,5-6H,4,7-16H2,1-2H3,(H2,23,24,25);1H. The molecule has 1 aromatic carbocycles. The summed E-state index contributed by atoms with van der Waals surface area (Å²) in [6, 6.07) is 5.97. The van der Waals surface area contributed by atoms with Gasteiger partial charge in [0.1, 0.15) is 5.82 Å². The zero-order valence-electron chi connectivity index (χ0n) is 19.4. The second kappa shape index (κ2) is 12.9. The van der Waals surface area contributed by atoms with E-state index in [1.54, 1.807) is 0 Å². The SMILES string of the molecule is Cc1nnc(CNC(=NCc2cccc3c2OCCCO3)NCCN2CCOCC2)n1C.I. The average Bonchev–Trinajstić information content (AvgIpc) is 3.00. The van der Waals surface area contributed by atoms with Crippen molar-refractivity contribution >= 4 is 29.9 Å². The van der Waals surface area contributed by atoms with E-state index in [-0.39, 0.29) is 24.0 Å². The molecule has 1 fully saturated rings. The number of rotatable bonds is 7. The molecule has 2 N–H and O–H groups in total. The lowest BCUT2D eigenvalue weighted by molar-refractivity contribution is 0.0389. The molecule has 2 aliphatic heterocycles. The van der Waals surface area contributed by atoms with Crippen LogP contribution in [0.3, 0.4) is 0 Å². The predicted molar refractivity (Wildman–Crippen MR) is 136 cm³/mol. The lowest BCUT2D eigenvalue weighted by Gasteiger charge is -2.26. The van der Waals surface area contributed by atoms with Gasteiger partial charge in [-0.2, -0.15) is 0 Å². The molecule has 1 saturated heterocycles. The predicted octanol–water partition coefficient (Wildman–Crippen LogP) is 1.47. The van der Waals surface area contributed by atoms with Crippen molar-refractivity contribution in [1.29, 1.82) is 0 Å². The molecule has 0 atom stereocenters. The Bertz CT molecular complexity index is 915. The summed E-state index contributed by atoms with van der Waals surface area (Å²) in [5.74, 6) is 4.05. The van der Waals surface area contributed by atoms with E-state index in [0.29, 0.717) is 26.3 Å². The third kappa shape index (κ3) is 7.18. The van der Waals surface area contributed by atoms with Crippen molar-refractivity contribution in [2.45, 2.75) is 26.4 Å². The van der Waals surface area contributed by atoms with Crippen LogP contribution >= 0.6 is 24.0 Å². The summed E-state index contributed by atoms with van der Waals surface area (Å²) in [6.07, 6.45) is 0.879. The van der Waals surface area contributed by atoms with Gasteiger partial charge in [0.25, 0.3) is 0 Å². The number of aliphatic imine (C=N–C) groups is 1. The number of benzene rings is 1. The number of fused-ring (bicyclic) bond motifs is 1. The Morgan fingerprint density at radius 1 is 1.09 bits per heavy atom. The van der Waals surface area contributed by atoms with Gasteiger partial charge in [0.05, 0.1) is 39.5 Å². The van der Waals surface area contributed by atoms with Crippen molar-refractivity contribution in [1.82, 2.24) is 30.3 Å². The number of para-hydroxylation sites is 1. The highest BCUT2D eigenvalue weighted by atomic mass is 127. The molecule has 0 unspecified atom stereocenters. The minimum atomic E-state index is 0. The molecular formula is C22H34IN7O3. The molecule has 0 spiro atoms. The van der Waals surface area contributed by atoms with Gasteiger partial charge in [-0.25, -0.2) is 4.99 Å². The number of hydrogen-bond donors (Lipinski definition) is 2. The molecule has 2 aromatic rings. The number of aromatic nitrogens is 3. The topological polar surface area (TPSA) is 98.1 Å². The Hall–Kier alpha value is -2.12. The smallest absolute Gasteiger partial charge is 0.192 e. The van der Waals surface area contributed by atoms with Gasteiger partial charge >= 0.3 is 0 Å². The summed E-state index contributed by atoms with van der Waals surface area (Å²) in [6.45, 7) is 9.54. The second-order valence-corrected chi connectivity index (χ2v) is 7.92. The fourth-order valence-corrected chi connectivity index (χ4v) is 3.64. The van der Waals surface area contributed by atoms with Gasteiger partial charge in [0.2, 0.25) is 0 Å². The van der Waals surface area contributed by atoms with Crippen molar-refractivity contribution < 1.29 is 14.2 Å². The lowest BCUT2D eigenvalue weighted by Crippen LogP contribution is -2.44. The van der Waals surface area contributed by atoms with Crippen LogP contribution in [0.25, 0.3) is 0 Å². The Morgan fingerprint density at radius 2 is 1.91 bits per heavy atom. The van der Waals surface area contributed by atoms with Crippen LogP contribution in [0.2, 0.25) is 0 Å². The van der Waals surface area contributed by atoms with Gasteiger partial charge in [0, 0.05) is 45.2 Å². The van der Waals surface area contributed by atoms with Crippen LogP contribution in [0.1, 0.15) is 23.6 Å². The monoisotopic (exact) mass is 571 g/mol. The van der Waals surface area contributed by atoms with E-state index in [4.69, 9.17) is 19.2 Å². The number of halogens is 1. The Morgan fingerprint density at radius 3 is 2.70 bits per heavy atom. The van der Waals surface area contributed by atoms with Crippen LogP contribution < -0.4 is 20.1 Å². The summed E-state index contributed by atoms with van der Waals surface area (Å²) in [4.78, 5) is 7.22. The number of guanidine groups is 1. The third-order valence-electron chi connectivity index (χ3n) is 5.68. The quantitative estimate of drug-likeness (QED) is 0.293. The maximum absolute atomic E-state index is 5.94. The highest BCUT2D eigenvalue weighted by Crippen LogP contribution is 2.33. The van der Waals surface area contributed by atoms with Gasteiger partial charge in [-0.05, 0) is 13.0 Å². The molecule has 0 aliphatic carbocycles. The number of hydrogen-bond acceptors (Lipinski definition) is 7. The number of nitrogens with one attached hydrogen (secondary N) is 2. The minimum Gasteiger partial charge on any atom is -0.490 e. The highest BCUT2D eigenvalue weighted by molar-refractivity contribution is 14.0. The largest absolute Gasteiger partial charge is 0.490 e. The van der Waals surface area contributed by atoms with E-state index in [1.807, 2.05) is 36.7 Å². The zero-order chi connectivity index (χ0) is 22.2. The van der Waals surface area contributed by atoms with Crippen LogP contribution in [-0.2, 0) is 24.9 Å². The van der Waals surface area contributed by atoms with E-state index >= 15 is 0 Å². The van der Waals surface area contributed by atoms with E-state index in [0.717, 1.165) is 80.5 Å². The van der Waals surface area contributed by atoms with Gasteiger partial charge in [-0.3, -0.25) is 4.90 Å². The van der Waals surface area contributed by atoms with Gasteiger partial charge in [0.15, 0.2) is 23.3 Å². The lowest BCUT2D eigenvalue weighted by atomic mass is 10.2. The first-order chi connectivity index (χ1) is 15.7. The third-order valence-corrected chi connectivity index (χ3v) is 5.68. The summed E-state index contributed by atoms with van der Waals surface area (Å²) in [7, 11) is 1.96. The van der Waals surface area contributed by atoms with Crippen molar-refractivity contribution in [3.63, 3.8) is 0 Å². The Balaban J connectivity index is 0.00000306. The maximum atomic E-state index is 5.94.